The van der Waals surface area contributed by atoms with Crippen LogP contribution >= 0.6 is 12.6 Å². The summed E-state index contributed by atoms with van der Waals surface area (Å²) in [5.74, 6) is 1.61. The molecule has 0 atom stereocenters. The molecule has 0 saturated heterocycles. The van der Waals surface area contributed by atoms with Crippen molar-refractivity contribution in [1.82, 2.24) is 0 Å². The van der Waals surface area contributed by atoms with Crippen molar-refractivity contribution in [3.05, 3.63) is 60.2 Å². The van der Waals surface area contributed by atoms with Gasteiger partial charge in [0.1, 0.15) is 11.3 Å². The summed E-state index contributed by atoms with van der Waals surface area (Å²) in [4.78, 5) is 0. The fourth-order valence-corrected chi connectivity index (χ4v) is 2.24. The molecule has 0 aliphatic heterocycles. The van der Waals surface area contributed by atoms with Gasteiger partial charge in [-0.05, 0) is 6.07 Å². The zero-order valence-electron chi connectivity index (χ0n) is 9.26. The lowest BCUT2D eigenvalue weighted by molar-refractivity contribution is 0.628. The van der Waals surface area contributed by atoms with Crippen LogP contribution in [0.25, 0.3) is 22.3 Å². The van der Waals surface area contributed by atoms with E-state index in [-0.39, 0.29) is 0 Å². The summed E-state index contributed by atoms with van der Waals surface area (Å²) in [5, 5.41) is 1.13. The van der Waals surface area contributed by atoms with Crippen molar-refractivity contribution >= 4 is 23.6 Å². The number of rotatable bonds is 2. The van der Waals surface area contributed by atoms with E-state index < -0.39 is 0 Å². The molecule has 0 amide bonds. The van der Waals surface area contributed by atoms with E-state index >= 15 is 0 Å². The molecule has 84 valence electrons. The zero-order chi connectivity index (χ0) is 11.7. The van der Waals surface area contributed by atoms with Crippen LogP contribution in [-0.4, -0.2) is 0 Å². The second-order valence-electron chi connectivity index (χ2n) is 3.97. The van der Waals surface area contributed by atoms with Gasteiger partial charge < -0.3 is 4.42 Å². The standard InChI is InChI=1S/C15H12OS/c17-10-13-8-4-7-12-9-14(16-15(12)13)11-5-2-1-3-6-11/h1-9,17H,10H2. The lowest BCUT2D eigenvalue weighted by atomic mass is 10.1. The third-order valence-corrected chi connectivity index (χ3v) is 3.19. The Hall–Kier alpha value is -1.67. The molecule has 2 aromatic carbocycles. The van der Waals surface area contributed by atoms with E-state index in [0.29, 0.717) is 5.75 Å². The molecular weight excluding hydrogens is 228 g/mol. The Bertz CT molecular complexity index is 640. The molecule has 17 heavy (non-hydrogen) atoms. The molecule has 0 bridgehead atoms. The Morgan fingerprint density at radius 1 is 0.941 bits per heavy atom. The Balaban J connectivity index is 2.20. The minimum atomic E-state index is 0.694. The Labute approximate surface area is 105 Å². The van der Waals surface area contributed by atoms with Gasteiger partial charge in [0.25, 0.3) is 0 Å². The molecule has 1 aromatic heterocycles. The van der Waals surface area contributed by atoms with Gasteiger partial charge in [0, 0.05) is 22.3 Å². The van der Waals surface area contributed by atoms with Crippen molar-refractivity contribution in [2.24, 2.45) is 0 Å². The van der Waals surface area contributed by atoms with Crippen molar-refractivity contribution < 1.29 is 4.42 Å². The third kappa shape index (κ3) is 1.85. The molecule has 1 heterocycles. The fraction of sp³-hybridized carbons (Fsp3) is 0.0667. The Kier molecular flexibility index (Phi) is 2.65. The van der Waals surface area contributed by atoms with E-state index in [1.807, 2.05) is 30.3 Å². The van der Waals surface area contributed by atoms with E-state index in [9.17, 15) is 0 Å². The first-order valence-electron chi connectivity index (χ1n) is 5.56. The maximum atomic E-state index is 5.93. The maximum Gasteiger partial charge on any atom is 0.138 e. The quantitative estimate of drug-likeness (QED) is 0.649. The van der Waals surface area contributed by atoms with Gasteiger partial charge >= 0.3 is 0 Å². The molecule has 3 rings (SSSR count). The highest BCUT2D eigenvalue weighted by Gasteiger charge is 2.08. The summed E-state index contributed by atoms with van der Waals surface area (Å²) in [5.41, 5.74) is 3.18. The maximum absolute atomic E-state index is 5.93. The summed E-state index contributed by atoms with van der Waals surface area (Å²) < 4.78 is 5.93. The van der Waals surface area contributed by atoms with Gasteiger partial charge in [0.2, 0.25) is 0 Å². The van der Waals surface area contributed by atoms with Crippen molar-refractivity contribution in [2.75, 3.05) is 0 Å². The van der Waals surface area contributed by atoms with Gasteiger partial charge in [-0.2, -0.15) is 12.6 Å². The number of hydrogen-bond acceptors (Lipinski definition) is 2. The van der Waals surface area contributed by atoms with Crippen LogP contribution in [0.1, 0.15) is 5.56 Å². The number of hydrogen-bond donors (Lipinski definition) is 1. The van der Waals surface area contributed by atoms with Gasteiger partial charge in [0.05, 0.1) is 0 Å². The van der Waals surface area contributed by atoms with Crippen molar-refractivity contribution in [2.45, 2.75) is 5.75 Å². The van der Waals surface area contributed by atoms with Crippen LogP contribution in [0.15, 0.2) is 59.0 Å². The zero-order valence-corrected chi connectivity index (χ0v) is 10.2. The van der Waals surface area contributed by atoms with Crippen LogP contribution in [0.3, 0.4) is 0 Å². The fourth-order valence-electron chi connectivity index (χ4n) is 1.99. The highest BCUT2D eigenvalue weighted by molar-refractivity contribution is 7.79. The Morgan fingerprint density at radius 2 is 1.76 bits per heavy atom. The number of fused-ring (bicyclic) bond motifs is 1. The number of benzene rings is 2. The molecule has 1 nitrogen and oxygen atoms in total. The van der Waals surface area contributed by atoms with E-state index in [2.05, 4.69) is 36.9 Å². The summed E-state index contributed by atoms with van der Waals surface area (Å²) in [6.45, 7) is 0. The number of para-hydroxylation sites is 1. The largest absolute Gasteiger partial charge is 0.456 e. The van der Waals surface area contributed by atoms with Gasteiger partial charge in [-0.1, -0.05) is 48.5 Å². The minimum absolute atomic E-state index is 0.694. The summed E-state index contributed by atoms with van der Waals surface area (Å²) in [7, 11) is 0. The lowest BCUT2D eigenvalue weighted by Gasteiger charge is -1.96. The van der Waals surface area contributed by atoms with Crippen molar-refractivity contribution in [3.8, 4) is 11.3 Å². The monoisotopic (exact) mass is 240 g/mol. The van der Waals surface area contributed by atoms with E-state index in [1.54, 1.807) is 0 Å². The van der Waals surface area contributed by atoms with Crippen LogP contribution in [0.2, 0.25) is 0 Å². The summed E-state index contributed by atoms with van der Waals surface area (Å²) in [6.07, 6.45) is 0. The summed E-state index contributed by atoms with van der Waals surface area (Å²) >= 11 is 4.32. The van der Waals surface area contributed by atoms with Gasteiger partial charge in [-0.25, -0.2) is 0 Å². The van der Waals surface area contributed by atoms with Crippen LogP contribution in [-0.2, 0) is 5.75 Å². The van der Waals surface area contributed by atoms with Gasteiger partial charge in [0.15, 0.2) is 0 Å². The lowest BCUT2D eigenvalue weighted by Crippen LogP contribution is -1.76. The third-order valence-electron chi connectivity index (χ3n) is 2.85. The van der Waals surface area contributed by atoms with E-state index in [1.165, 1.54) is 0 Å². The van der Waals surface area contributed by atoms with Gasteiger partial charge in [-0.15, -0.1) is 0 Å². The smallest absolute Gasteiger partial charge is 0.138 e. The predicted octanol–water partition coefficient (Wildman–Crippen LogP) is 4.53. The predicted molar refractivity (Wildman–Crippen MR) is 74.3 cm³/mol. The molecule has 0 N–H and O–H groups in total. The molecule has 0 aliphatic carbocycles. The van der Waals surface area contributed by atoms with Crippen LogP contribution in [0.4, 0.5) is 0 Å². The Morgan fingerprint density at radius 3 is 2.53 bits per heavy atom. The average Bonchev–Trinajstić information content (AvgIpc) is 2.83. The molecule has 0 fully saturated rings. The second-order valence-corrected chi connectivity index (χ2v) is 4.29. The van der Waals surface area contributed by atoms with Crippen LogP contribution in [0.5, 0.6) is 0 Å². The molecule has 0 saturated carbocycles. The van der Waals surface area contributed by atoms with Crippen molar-refractivity contribution in [3.63, 3.8) is 0 Å². The average molecular weight is 240 g/mol. The molecule has 0 radical (unpaired) electrons. The number of thiol groups is 1. The highest BCUT2D eigenvalue weighted by Crippen LogP contribution is 2.30. The molecule has 0 aliphatic rings. The minimum Gasteiger partial charge on any atom is -0.456 e. The van der Waals surface area contributed by atoms with Gasteiger partial charge in [-0.3, -0.25) is 0 Å². The molecule has 0 unspecified atom stereocenters. The first-order valence-corrected chi connectivity index (χ1v) is 6.19. The first kappa shape index (κ1) is 10.5. The molecule has 2 heteroatoms. The highest BCUT2D eigenvalue weighted by atomic mass is 32.1. The first-order chi connectivity index (χ1) is 8.38. The summed E-state index contributed by atoms with van der Waals surface area (Å²) in [6, 6.07) is 18.4. The number of furan rings is 1. The topological polar surface area (TPSA) is 13.1 Å². The normalized spacial score (nSPS) is 10.9. The SMILES string of the molecule is SCc1cccc2cc(-c3ccccc3)oc12. The second kappa shape index (κ2) is 4.30. The van der Waals surface area contributed by atoms with E-state index in [4.69, 9.17) is 4.42 Å². The molecule has 0 spiro atoms. The van der Waals surface area contributed by atoms with E-state index in [0.717, 1.165) is 27.9 Å². The molecule has 3 aromatic rings. The van der Waals surface area contributed by atoms with Crippen LogP contribution in [0, 0.1) is 0 Å². The van der Waals surface area contributed by atoms with Crippen molar-refractivity contribution in [1.29, 1.82) is 0 Å². The molecular formula is C15H12OS. The van der Waals surface area contributed by atoms with Crippen LogP contribution < -0.4 is 0 Å².